The fourth-order valence-electron chi connectivity index (χ4n) is 3.29. The van der Waals surface area contributed by atoms with Gasteiger partial charge in [0.15, 0.2) is 0 Å². The molecule has 98 valence electrons. The number of hydrogen-bond donors (Lipinski definition) is 0. The van der Waals surface area contributed by atoms with Gasteiger partial charge in [-0.1, -0.05) is 57.0 Å². The topological polar surface area (TPSA) is 17.1 Å². The van der Waals surface area contributed by atoms with Gasteiger partial charge in [-0.3, -0.25) is 4.79 Å². The maximum Gasteiger partial charge on any atom is 0.136 e. The summed E-state index contributed by atoms with van der Waals surface area (Å²) in [5.41, 5.74) is 1.42. The summed E-state index contributed by atoms with van der Waals surface area (Å²) in [5.74, 6) is 1.94. The van der Waals surface area contributed by atoms with Crippen molar-refractivity contribution in [3.8, 4) is 0 Å². The second-order valence-corrected chi connectivity index (χ2v) is 5.72. The van der Waals surface area contributed by atoms with Crippen molar-refractivity contribution in [1.82, 2.24) is 0 Å². The fraction of sp³-hybridized carbons (Fsp3) is 0.588. The first-order chi connectivity index (χ1) is 8.72. The second-order valence-electron chi connectivity index (χ2n) is 5.72. The highest BCUT2D eigenvalue weighted by Crippen LogP contribution is 2.38. The van der Waals surface area contributed by atoms with Crippen LogP contribution in [0.15, 0.2) is 30.3 Å². The zero-order valence-electron chi connectivity index (χ0n) is 11.6. The number of rotatable bonds is 4. The Kier molecular flexibility index (Phi) is 4.57. The minimum atomic E-state index is 0.295. The Morgan fingerprint density at radius 2 is 2.00 bits per heavy atom. The highest BCUT2D eigenvalue weighted by Gasteiger charge is 2.32. The number of Topliss-reactive ketones (excluding diaryl/α,β-unsaturated/α-hetero) is 1. The van der Waals surface area contributed by atoms with Crippen LogP contribution in [0.5, 0.6) is 0 Å². The molecule has 1 aromatic carbocycles. The maximum absolute atomic E-state index is 12.1. The number of carbonyl (C=O) groups is 1. The van der Waals surface area contributed by atoms with Crippen LogP contribution in [0, 0.1) is 11.8 Å². The van der Waals surface area contributed by atoms with E-state index in [1.54, 1.807) is 0 Å². The third-order valence-electron chi connectivity index (χ3n) is 4.39. The summed E-state index contributed by atoms with van der Waals surface area (Å²) >= 11 is 0. The van der Waals surface area contributed by atoms with Gasteiger partial charge in [-0.2, -0.15) is 0 Å². The van der Waals surface area contributed by atoms with Crippen LogP contribution in [0.1, 0.15) is 57.4 Å². The molecule has 18 heavy (non-hydrogen) atoms. The van der Waals surface area contributed by atoms with Gasteiger partial charge in [0, 0.05) is 12.3 Å². The Labute approximate surface area is 111 Å². The Morgan fingerprint density at radius 1 is 1.28 bits per heavy atom. The van der Waals surface area contributed by atoms with Crippen molar-refractivity contribution in [3.63, 3.8) is 0 Å². The largest absolute Gasteiger partial charge is 0.299 e. The average Bonchev–Trinajstić information content (AvgIpc) is 2.40. The molecule has 1 aliphatic rings. The van der Waals surface area contributed by atoms with E-state index in [0.717, 1.165) is 19.3 Å². The molecule has 2 rings (SSSR count). The Hall–Kier alpha value is -1.11. The van der Waals surface area contributed by atoms with E-state index in [0.29, 0.717) is 23.5 Å². The van der Waals surface area contributed by atoms with Crippen molar-refractivity contribution in [2.75, 3.05) is 0 Å². The van der Waals surface area contributed by atoms with E-state index in [2.05, 4.69) is 44.2 Å². The molecule has 1 saturated carbocycles. The molecule has 0 aromatic heterocycles. The number of benzene rings is 1. The Balaban J connectivity index is 2.06. The van der Waals surface area contributed by atoms with Gasteiger partial charge < -0.3 is 0 Å². The van der Waals surface area contributed by atoms with Crippen LogP contribution in [0.2, 0.25) is 0 Å². The van der Waals surface area contributed by atoms with E-state index in [-0.39, 0.29) is 0 Å². The van der Waals surface area contributed by atoms with Crippen LogP contribution in [0.25, 0.3) is 0 Å². The summed E-state index contributed by atoms with van der Waals surface area (Å²) in [6.07, 6.45) is 5.24. The van der Waals surface area contributed by atoms with Crippen molar-refractivity contribution in [2.45, 2.75) is 51.9 Å². The van der Waals surface area contributed by atoms with Crippen molar-refractivity contribution in [3.05, 3.63) is 35.9 Å². The molecule has 0 radical (unpaired) electrons. The minimum absolute atomic E-state index is 0.295. The number of ketones is 1. The molecular weight excluding hydrogens is 220 g/mol. The number of hydrogen-bond acceptors (Lipinski definition) is 1. The molecule has 0 saturated heterocycles. The summed E-state index contributed by atoms with van der Waals surface area (Å²) in [6, 6.07) is 10.7. The predicted molar refractivity (Wildman–Crippen MR) is 75.6 cm³/mol. The zero-order valence-corrected chi connectivity index (χ0v) is 11.6. The fourth-order valence-corrected chi connectivity index (χ4v) is 3.29. The predicted octanol–water partition coefficient (Wildman–Crippen LogP) is 4.58. The molecule has 0 amide bonds. The van der Waals surface area contributed by atoms with E-state index in [4.69, 9.17) is 0 Å². The molecule has 1 heteroatoms. The van der Waals surface area contributed by atoms with Gasteiger partial charge in [-0.25, -0.2) is 0 Å². The van der Waals surface area contributed by atoms with Gasteiger partial charge in [-0.15, -0.1) is 0 Å². The molecule has 1 aromatic rings. The molecule has 1 fully saturated rings. The lowest BCUT2D eigenvalue weighted by Crippen LogP contribution is -2.29. The molecule has 0 spiro atoms. The molecular formula is C17H24O. The first-order valence-corrected chi connectivity index (χ1v) is 7.30. The maximum atomic E-state index is 12.1. The van der Waals surface area contributed by atoms with Crippen LogP contribution in [0.3, 0.4) is 0 Å². The molecule has 0 heterocycles. The van der Waals surface area contributed by atoms with E-state index < -0.39 is 0 Å². The zero-order chi connectivity index (χ0) is 13.0. The quantitative estimate of drug-likeness (QED) is 0.758. The lowest BCUT2D eigenvalue weighted by Gasteiger charge is -2.32. The van der Waals surface area contributed by atoms with E-state index >= 15 is 0 Å². The Morgan fingerprint density at radius 3 is 2.67 bits per heavy atom. The van der Waals surface area contributed by atoms with Gasteiger partial charge in [-0.05, 0) is 30.2 Å². The third kappa shape index (κ3) is 3.01. The minimum Gasteiger partial charge on any atom is -0.299 e. The average molecular weight is 244 g/mol. The lowest BCUT2D eigenvalue weighted by atomic mass is 9.71. The SMILES string of the molecule is CCCC(C)C1CC(c2ccccc2)CCC1=O. The van der Waals surface area contributed by atoms with E-state index in [1.807, 2.05) is 0 Å². The smallest absolute Gasteiger partial charge is 0.136 e. The van der Waals surface area contributed by atoms with E-state index in [1.165, 1.54) is 18.4 Å². The highest BCUT2D eigenvalue weighted by molar-refractivity contribution is 5.82. The first-order valence-electron chi connectivity index (χ1n) is 7.30. The molecule has 3 atom stereocenters. The van der Waals surface area contributed by atoms with Gasteiger partial charge >= 0.3 is 0 Å². The Bertz CT molecular complexity index is 382. The van der Waals surface area contributed by atoms with Crippen LogP contribution in [0.4, 0.5) is 0 Å². The molecule has 0 N–H and O–H groups in total. The van der Waals surface area contributed by atoms with Crippen molar-refractivity contribution < 1.29 is 4.79 Å². The van der Waals surface area contributed by atoms with Gasteiger partial charge in [0.2, 0.25) is 0 Å². The summed E-state index contributed by atoms with van der Waals surface area (Å²) in [6.45, 7) is 4.46. The van der Waals surface area contributed by atoms with Gasteiger partial charge in [0.05, 0.1) is 0 Å². The van der Waals surface area contributed by atoms with Crippen molar-refractivity contribution in [2.24, 2.45) is 11.8 Å². The molecule has 0 aliphatic heterocycles. The van der Waals surface area contributed by atoms with Gasteiger partial charge in [0.1, 0.15) is 5.78 Å². The van der Waals surface area contributed by atoms with Crippen LogP contribution in [-0.4, -0.2) is 5.78 Å². The third-order valence-corrected chi connectivity index (χ3v) is 4.39. The van der Waals surface area contributed by atoms with Crippen LogP contribution in [-0.2, 0) is 4.79 Å². The van der Waals surface area contributed by atoms with Crippen LogP contribution >= 0.6 is 0 Å². The second kappa shape index (κ2) is 6.17. The van der Waals surface area contributed by atoms with Crippen molar-refractivity contribution in [1.29, 1.82) is 0 Å². The lowest BCUT2D eigenvalue weighted by molar-refractivity contribution is -0.126. The van der Waals surface area contributed by atoms with Crippen LogP contribution < -0.4 is 0 Å². The number of carbonyl (C=O) groups excluding carboxylic acids is 1. The molecule has 1 aliphatic carbocycles. The highest BCUT2D eigenvalue weighted by atomic mass is 16.1. The van der Waals surface area contributed by atoms with Gasteiger partial charge in [0.25, 0.3) is 0 Å². The van der Waals surface area contributed by atoms with E-state index in [9.17, 15) is 4.79 Å². The standard InChI is InChI=1S/C17H24O/c1-3-7-13(2)16-12-15(10-11-17(16)18)14-8-5-4-6-9-14/h4-6,8-9,13,15-16H,3,7,10-12H2,1-2H3. The molecule has 3 unspecified atom stereocenters. The molecule has 0 bridgehead atoms. The monoisotopic (exact) mass is 244 g/mol. The summed E-state index contributed by atoms with van der Waals surface area (Å²) in [4.78, 5) is 12.1. The van der Waals surface area contributed by atoms with Crippen molar-refractivity contribution >= 4 is 5.78 Å². The summed E-state index contributed by atoms with van der Waals surface area (Å²) in [7, 11) is 0. The first kappa shape index (κ1) is 13.3. The molecule has 1 nitrogen and oxygen atoms in total. The summed E-state index contributed by atoms with van der Waals surface area (Å²) < 4.78 is 0. The normalized spacial score (nSPS) is 26.0. The summed E-state index contributed by atoms with van der Waals surface area (Å²) in [5, 5.41) is 0.